The molecule has 0 spiro atoms. The number of rotatable bonds is 8. The lowest BCUT2D eigenvalue weighted by atomic mass is 9.93. The molecule has 3 nitrogen and oxygen atoms in total. The summed E-state index contributed by atoms with van der Waals surface area (Å²) < 4.78 is 15.2. The van der Waals surface area contributed by atoms with Crippen molar-refractivity contribution in [2.45, 2.75) is 26.2 Å². The Morgan fingerprint density at radius 1 is 1.29 bits per heavy atom. The molecule has 0 bridgehead atoms. The number of nitrogens with zero attached hydrogens (tertiary/aromatic N) is 2. The van der Waals surface area contributed by atoms with Crippen LogP contribution in [-0.2, 0) is 19.9 Å². The number of aryl methyl sites for hydroxylation is 1. The Balaban J connectivity index is 2.00. The minimum atomic E-state index is -0.158. The van der Waals surface area contributed by atoms with Gasteiger partial charge in [-0.3, -0.25) is 4.68 Å². The van der Waals surface area contributed by atoms with E-state index in [2.05, 4.69) is 23.5 Å². The average molecular weight is 289 g/mol. The standard InChI is InChI=1S/C17H24FN3/c1-3-7-19-11-15(9-16-12-20-21(2)13-16)8-14-5-4-6-17(18)10-14/h4-6,10,12-13,15,19H,3,7-9,11H2,1-2H3. The molecule has 21 heavy (non-hydrogen) atoms. The van der Waals surface area contributed by atoms with Gasteiger partial charge in [0, 0.05) is 13.2 Å². The molecule has 0 aliphatic rings. The number of nitrogens with one attached hydrogen (secondary N) is 1. The van der Waals surface area contributed by atoms with Gasteiger partial charge in [-0.05, 0) is 61.5 Å². The topological polar surface area (TPSA) is 29.9 Å². The normalized spacial score (nSPS) is 12.5. The fourth-order valence-electron chi connectivity index (χ4n) is 2.61. The van der Waals surface area contributed by atoms with Crippen LogP contribution in [0.5, 0.6) is 0 Å². The summed E-state index contributed by atoms with van der Waals surface area (Å²) in [4.78, 5) is 0. The Morgan fingerprint density at radius 3 is 2.76 bits per heavy atom. The van der Waals surface area contributed by atoms with Crippen molar-refractivity contribution in [1.29, 1.82) is 0 Å². The Kier molecular flexibility index (Phi) is 5.93. The van der Waals surface area contributed by atoms with Gasteiger partial charge in [0.1, 0.15) is 5.82 Å². The highest BCUT2D eigenvalue weighted by molar-refractivity contribution is 5.17. The Hall–Kier alpha value is -1.68. The maximum Gasteiger partial charge on any atom is 0.123 e. The van der Waals surface area contributed by atoms with Crippen LogP contribution in [-0.4, -0.2) is 22.9 Å². The van der Waals surface area contributed by atoms with E-state index in [4.69, 9.17) is 0 Å². The zero-order valence-corrected chi connectivity index (χ0v) is 12.8. The van der Waals surface area contributed by atoms with Crippen molar-refractivity contribution >= 4 is 0 Å². The largest absolute Gasteiger partial charge is 0.316 e. The number of halogens is 1. The lowest BCUT2D eigenvalue weighted by Gasteiger charge is -2.17. The minimum Gasteiger partial charge on any atom is -0.316 e. The first-order chi connectivity index (χ1) is 10.2. The van der Waals surface area contributed by atoms with E-state index in [0.717, 1.165) is 37.9 Å². The summed E-state index contributed by atoms with van der Waals surface area (Å²) in [5.74, 6) is 0.289. The first kappa shape index (κ1) is 15.7. The fraction of sp³-hybridized carbons (Fsp3) is 0.471. The van der Waals surface area contributed by atoms with Gasteiger partial charge in [-0.25, -0.2) is 4.39 Å². The molecule has 1 aromatic carbocycles. The van der Waals surface area contributed by atoms with Gasteiger partial charge in [0.15, 0.2) is 0 Å². The second-order valence-electron chi connectivity index (χ2n) is 5.63. The molecule has 0 fully saturated rings. The number of aromatic nitrogens is 2. The van der Waals surface area contributed by atoms with Gasteiger partial charge in [0.05, 0.1) is 6.20 Å². The zero-order valence-electron chi connectivity index (χ0n) is 12.8. The van der Waals surface area contributed by atoms with Crippen molar-refractivity contribution in [3.8, 4) is 0 Å². The summed E-state index contributed by atoms with van der Waals surface area (Å²) >= 11 is 0. The highest BCUT2D eigenvalue weighted by Crippen LogP contribution is 2.15. The third-order valence-corrected chi connectivity index (χ3v) is 3.56. The highest BCUT2D eigenvalue weighted by Gasteiger charge is 2.12. The van der Waals surface area contributed by atoms with Gasteiger partial charge in [-0.2, -0.15) is 5.10 Å². The van der Waals surface area contributed by atoms with E-state index in [0.29, 0.717) is 5.92 Å². The van der Waals surface area contributed by atoms with Crippen LogP contribution in [0.1, 0.15) is 24.5 Å². The summed E-state index contributed by atoms with van der Waals surface area (Å²) in [6, 6.07) is 6.91. The second kappa shape index (κ2) is 7.93. The lowest BCUT2D eigenvalue weighted by Crippen LogP contribution is -2.26. The molecule has 1 heterocycles. The van der Waals surface area contributed by atoms with E-state index in [1.54, 1.807) is 12.1 Å². The predicted octanol–water partition coefficient (Wildman–Crippen LogP) is 2.96. The summed E-state index contributed by atoms with van der Waals surface area (Å²) in [5.41, 5.74) is 2.29. The van der Waals surface area contributed by atoms with E-state index in [9.17, 15) is 4.39 Å². The van der Waals surface area contributed by atoms with Crippen LogP contribution in [0.4, 0.5) is 4.39 Å². The van der Waals surface area contributed by atoms with Crippen LogP contribution in [0.2, 0.25) is 0 Å². The van der Waals surface area contributed by atoms with E-state index >= 15 is 0 Å². The number of hydrogen-bond acceptors (Lipinski definition) is 2. The van der Waals surface area contributed by atoms with E-state index in [-0.39, 0.29) is 5.82 Å². The molecule has 0 saturated heterocycles. The van der Waals surface area contributed by atoms with E-state index in [1.165, 1.54) is 11.6 Å². The first-order valence-electron chi connectivity index (χ1n) is 7.60. The molecular formula is C17H24FN3. The van der Waals surface area contributed by atoms with Gasteiger partial charge < -0.3 is 5.32 Å². The molecule has 1 N–H and O–H groups in total. The molecule has 2 rings (SSSR count). The van der Waals surface area contributed by atoms with Crippen LogP contribution in [0, 0.1) is 11.7 Å². The number of hydrogen-bond donors (Lipinski definition) is 1. The van der Waals surface area contributed by atoms with Crippen molar-refractivity contribution in [3.63, 3.8) is 0 Å². The summed E-state index contributed by atoms with van der Waals surface area (Å²) in [7, 11) is 1.93. The van der Waals surface area contributed by atoms with Crippen LogP contribution < -0.4 is 5.32 Å². The molecule has 0 aliphatic heterocycles. The van der Waals surface area contributed by atoms with Gasteiger partial charge in [0.2, 0.25) is 0 Å². The summed E-state index contributed by atoms with van der Waals surface area (Å²) in [5, 5.41) is 7.70. The van der Waals surface area contributed by atoms with Gasteiger partial charge in [0.25, 0.3) is 0 Å². The average Bonchev–Trinajstić information content (AvgIpc) is 2.84. The monoisotopic (exact) mass is 289 g/mol. The Labute approximate surface area is 126 Å². The Morgan fingerprint density at radius 2 is 2.10 bits per heavy atom. The summed E-state index contributed by atoms with van der Waals surface area (Å²) in [6.45, 7) is 4.13. The molecule has 1 atom stereocenters. The smallest absolute Gasteiger partial charge is 0.123 e. The van der Waals surface area contributed by atoms with Crippen LogP contribution in [0.15, 0.2) is 36.7 Å². The van der Waals surface area contributed by atoms with Gasteiger partial charge >= 0.3 is 0 Å². The molecular weight excluding hydrogens is 265 g/mol. The molecule has 114 valence electrons. The maximum absolute atomic E-state index is 13.3. The maximum atomic E-state index is 13.3. The molecule has 1 aromatic heterocycles. The minimum absolute atomic E-state index is 0.158. The Bertz CT molecular complexity index is 550. The van der Waals surface area contributed by atoms with Gasteiger partial charge in [-0.1, -0.05) is 19.1 Å². The zero-order chi connectivity index (χ0) is 15.1. The molecule has 4 heteroatoms. The molecule has 0 amide bonds. The predicted molar refractivity (Wildman–Crippen MR) is 83.7 cm³/mol. The second-order valence-corrected chi connectivity index (χ2v) is 5.63. The highest BCUT2D eigenvalue weighted by atomic mass is 19.1. The van der Waals surface area contributed by atoms with Crippen molar-refractivity contribution in [2.24, 2.45) is 13.0 Å². The van der Waals surface area contributed by atoms with Crippen molar-refractivity contribution in [2.75, 3.05) is 13.1 Å². The molecule has 1 unspecified atom stereocenters. The third-order valence-electron chi connectivity index (χ3n) is 3.56. The van der Waals surface area contributed by atoms with Crippen LogP contribution in [0.3, 0.4) is 0 Å². The lowest BCUT2D eigenvalue weighted by molar-refractivity contribution is 0.469. The SMILES string of the molecule is CCCNCC(Cc1cccc(F)c1)Cc1cnn(C)c1. The molecule has 2 aromatic rings. The molecule has 0 saturated carbocycles. The first-order valence-corrected chi connectivity index (χ1v) is 7.60. The van der Waals surface area contributed by atoms with Crippen LogP contribution in [0.25, 0.3) is 0 Å². The molecule has 0 radical (unpaired) electrons. The fourth-order valence-corrected chi connectivity index (χ4v) is 2.61. The van der Waals surface area contributed by atoms with Crippen molar-refractivity contribution in [3.05, 3.63) is 53.6 Å². The van der Waals surface area contributed by atoms with Crippen LogP contribution >= 0.6 is 0 Å². The summed E-state index contributed by atoms with van der Waals surface area (Å²) in [6.07, 6.45) is 6.93. The van der Waals surface area contributed by atoms with Gasteiger partial charge in [-0.15, -0.1) is 0 Å². The van der Waals surface area contributed by atoms with Crippen molar-refractivity contribution in [1.82, 2.24) is 15.1 Å². The number of benzene rings is 1. The van der Waals surface area contributed by atoms with Crippen molar-refractivity contribution < 1.29 is 4.39 Å². The van der Waals surface area contributed by atoms with E-state index in [1.807, 2.05) is 24.0 Å². The quantitative estimate of drug-likeness (QED) is 0.757. The molecule has 0 aliphatic carbocycles. The third kappa shape index (κ3) is 5.31. The van der Waals surface area contributed by atoms with E-state index < -0.39 is 0 Å².